The van der Waals surface area contributed by atoms with Crippen LogP contribution in [0.3, 0.4) is 0 Å². The van der Waals surface area contributed by atoms with Gasteiger partial charge in [-0.15, -0.1) is 0 Å². The number of aromatic nitrogens is 1. The van der Waals surface area contributed by atoms with Gasteiger partial charge in [0.05, 0.1) is 35.8 Å². The number of nitrogens with zero attached hydrogens (tertiary/aromatic N) is 6. The van der Waals surface area contributed by atoms with Crippen molar-refractivity contribution in [3.63, 3.8) is 0 Å². The molecule has 2 saturated heterocycles. The lowest BCUT2D eigenvalue weighted by Gasteiger charge is -2.49. The Morgan fingerprint density at radius 3 is 2.30 bits per heavy atom. The zero-order valence-corrected chi connectivity index (χ0v) is 38.0. The number of alkyl halides is 4. The van der Waals surface area contributed by atoms with E-state index in [1.165, 1.54) is 21.9 Å². The number of amidine groups is 1. The van der Waals surface area contributed by atoms with Crippen LogP contribution in [-0.2, 0) is 24.3 Å². The van der Waals surface area contributed by atoms with Crippen LogP contribution in [0.2, 0.25) is 28.3 Å². The van der Waals surface area contributed by atoms with Crippen LogP contribution >= 0.6 is 35.0 Å². The van der Waals surface area contributed by atoms with Gasteiger partial charge < -0.3 is 24.0 Å². The van der Waals surface area contributed by atoms with E-state index in [4.69, 9.17) is 32.6 Å². The molecule has 19 heteroatoms. The van der Waals surface area contributed by atoms with Crippen LogP contribution in [0.4, 0.5) is 22.0 Å². The van der Waals surface area contributed by atoms with Crippen molar-refractivity contribution < 1.29 is 40.8 Å². The summed E-state index contributed by atoms with van der Waals surface area (Å²) < 4.78 is 79.1. The fourth-order valence-corrected chi connectivity index (χ4v) is 11.2. The predicted molar refractivity (Wildman–Crippen MR) is 223 cm³/mol. The molecule has 60 heavy (non-hydrogen) atoms. The number of thioether (sulfide) groups is 1. The van der Waals surface area contributed by atoms with Crippen molar-refractivity contribution in [1.29, 1.82) is 0 Å². The maximum atomic E-state index is 15.7. The third-order valence-electron chi connectivity index (χ3n) is 13.0. The number of hydrogen-bond donors (Lipinski definition) is 0. The molecule has 1 aromatic carbocycles. The molecule has 3 fully saturated rings. The van der Waals surface area contributed by atoms with Crippen molar-refractivity contribution in [2.75, 3.05) is 26.2 Å². The number of rotatable bonds is 8. The number of carbonyl (C=O) groups excluding carboxylic acids is 3. The van der Waals surface area contributed by atoms with Gasteiger partial charge in [0.1, 0.15) is 33.6 Å². The molecule has 3 amide bonds. The molecule has 326 valence electrons. The van der Waals surface area contributed by atoms with Gasteiger partial charge in [0.25, 0.3) is 5.91 Å². The minimum atomic E-state index is -5.12. The Morgan fingerprint density at radius 1 is 1.05 bits per heavy atom. The molecule has 0 bridgehead atoms. The summed E-state index contributed by atoms with van der Waals surface area (Å²) in [4.78, 5) is 57.6. The summed E-state index contributed by atoms with van der Waals surface area (Å²) in [5.74, 6) is -4.14. The standard InChI is InChI=1S/C41H49Cl2F5N6O4SSi/c1-22(2)31-32(59-37-50-39(6,24-10-12-30(43)49-17-24)33(54(31)37)23-9-11-27(42)28(45)15-23)35(56)51-18-25(44)16-29(51)34(55)52-21-40(13-14-40)53(36(57)41(46,47)48)19-26(52)20-58-60(7,8)38(3,4)5/h9-12,15,17,22,25-26,29,33H,13-14,16,18-21H2,1-8H3/t25-,26+,29-,33-,39+/m1/s1. The molecular weight excluding hydrogens is 867 g/mol. The maximum absolute atomic E-state index is 15.7. The average molecular weight is 916 g/mol. The van der Waals surface area contributed by atoms with Gasteiger partial charge in [-0.25, -0.2) is 18.8 Å². The third kappa shape index (κ3) is 7.87. The number of halogens is 7. The van der Waals surface area contributed by atoms with Gasteiger partial charge in [-0.05, 0) is 79.3 Å². The summed E-state index contributed by atoms with van der Waals surface area (Å²) in [6.07, 6.45) is -4.88. The highest BCUT2D eigenvalue weighted by molar-refractivity contribution is 8.18. The number of hydrogen-bond acceptors (Lipinski definition) is 8. The second kappa shape index (κ2) is 15.5. The molecule has 5 aliphatic rings. The zero-order chi connectivity index (χ0) is 44.1. The molecule has 0 unspecified atom stereocenters. The molecule has 7 rings (SSSR count). The Bertz CT molecular complexity index is 2150. The fourth-order valence-electron chi connectivity index (χ4n) is 8.53. The summed E-state index contributed by atoms with van der Waals surface area (Å²) in [5, 5.41) is 0.365. The largest absolute Gasteiger partial charge is 0.471 e. The normalized spacial score (nSPS) is 26.7. The van der Waals surface area contributed by atoms with Crippen molar-refractivity contribution in [3.8, 4) is 0 Å². The van der Waals surface area contributed by atoms with Crippen LogP contribution in [-0.4, -0.2) is 112 Å². The van der Waals surface area contributed by atoms with Crippen molar-refractivity contribution >= 4 is 66.2 Å². The van der Waals surface area contributed by atoms with Gasteiger partial charge in [-0.2, -0.15) is 13.2 Å². The number of aliphatic imine (C=N–C) groups is 1. The molecule has 10 nitrogen and oxygen atoms in total. The molecule has 5 heterocycles. The highest BCUT2D eigenvalue weighted by Gasteiger charge is 2.62. The van der Waals surface area contributed by atoms with E-state index in [-0.39, 0.29) is 65.0 Å². The van der Waals surface area contributed by atoms with E-state index in [0.29, 0.717) is 22.0 Å². The summed E-state index contributed by atoms with van der Waals surface area (Å²) in [6.45, 7) is 14.5. The summed E-state index contributed by atoms with van der Waals surface area (Å²) in [5.41, 5.74) is -0.547. The number of pyridine rings is 1. The van der Waals surface area contributed by atoms with Crippen molar-refractivity contribution in [2.24, 2.45) is 10.9 Å². The lowest BCUT2D eigenvalue weighted by molar-refractivity contribution is -0.194. The average Bonchev–Trinajstić information content (AvgIpc) is 3.51. The van der Waals surface area contributed by atoms with Gasteiger partial charge in [0, 0.05) is 37.0 Å². The fraction of sp³-hybridized carbons (Fsp3) is 0.585. The minimum Gasteiger partial charge on any atom is -0.415 e. The number of carbonyl (C=O) groups is 3. The van der Waals surface area contributed by atoms with Crippen molar-refractivity contribution in [1.82, 2.24) is 24.6 Å². The molecule has 1 aliphatic carbocycles. The first-order chi connectivity index (χ1) is 27.8. The lowest BCUT2D eigenvalue weighted by Crippen LogP contribution is -2.67. The SMILES string of the molecule is CC(C)C1=C(C(=O)N2C[C@H](F)C[C@@H]2C(=O)N2CC3(CC3)N(C(=O)C(F)(F)F)C[C@H]2CO[Si](C)(C)C(C)(C)C)SC2=N[C@@](C)(c3ccc(Cl)nc3)[C@@H](c3ccc(Cl)c(F)c3)N21. The smallest absolute Gasteiger partial charge is 0.415 e. The summed E-state index contributed by atoms with van der Waals surface area (Å²) in [7, 11) is -2.50. The molecule has 1 aromatic heterocycles. The maximum Gasteiger partial charge on any atom is 0.471 e. The van der Waals surface area contributed by atoms with Crippen molar-refractivity contribution in [3.05, 3.63) is 74.3 Å². The first-order valence-corrected chi connectivity index (χ1v) is 24.4. The number of benzene rings is 1. The minimum absolute atomic E-state index is 0.0701. The van der Waals surface area contributed by atoms with Crippen LogP contribution in [0.25, 0.3) is 0 Å². The quantitative estimate of drug-likeness (QED) is 0.148. The predicted octanol–water partition coefficient (Wildman–Crippen LogP) is 8.87. The third-order valence-corrected chi connectivity index (χ3v) is 19.1. The second-order valence-corrected chi connectivity index (χ2v) is 25.0. The van der Waals surface area contributed by atoms with E-state index >= 15 is 8.78 Å². The molecule has 5 atom stereocenters. The number of fused-ring (bicyclic) bond motifs is 1. The van der Waals surface area contributed by atoms with E-state index in [1.54, 1.807) is 24.4 Å². The lowest BCUT2D eigenvalue weighted by atomic mass is 9.81. The number of allylic oxidation sites excluding steroid dienone is 1. The van der Waals surface area contributed by atoms with Crippen LogP contribution in [0.5, 0.6) is 0 Å². The Hall–Kier alpha value is -3.25. The Morgan fingerprint density at radius 2 is 1.73 bits per heavy atom. The van der Waals surface area contributed by atoms with E-state index in [0.717, 1.165) is 16.7 Å². The summed E-state index contributed by atoms with van der Waals surface area (Å²) >= 11 is 13.3. The zero-order valence-electron chi connectivity index (χ0n) is 34.7. The topological polar surface area (TPSA) is 98.7 Å². The van der Waals surface area contributed by atoms with E-state index in [9.17, 15) is 27.6 Å². The highest BCUT2D eigenvalue weighted by atomic mass is 35.5. The molecule has 4 aliphatic heterocycles. The highest BCUT2D eigenvalue weighted by Crippen LogP contribution is 2.57. The molecular formula is C41H49Cl2F5N6O4SSi. The van der Waals surface area contributed by atoms with Gasteiger partial charge in [-0.1, -0.05) is 70.0 Å². The van der Waals surface area contributed by atoms with E-state index in [1.807, 2.05) is 59.5 Å². The van der Waals surface area contributed by atoms with Crippen LogP contribution in [0, 0.1) is 11.7 Å². The van der Waals surface area contributed by atoms with Gasteiger partial charge in [0.2, 0.25) is 5.91 Å². The second-order valence-electron chi connectivity index (χ2n) is 18.5. The Kier molecular flexibility index (Phi) is 11.6. The van der Waals surface area contributed by atoms with Gasteiger partial charge in [-0.3, -0.25) is 14.4 Å². The van der Waals surface area contributed by atoms with Crippen LogP contribution < -0.4 is 0 Å². The van der Waals surface area contributed by atoms with Crippen LogP contribution in [0.15, 0.2) is 52.1 Å². The van der Waals surface area contributed by atoms with E-state index < -0.39 is 80.0 Å². The molecule has 2 aromatic rings. The monoisotopic (exact) mass is 914 g/mol. The Labute approximate surface area is 362 Å². The molecule has 1 saturated carbocycles. The first-order valence-electron chi connectivity index (χ1n) is 20.0. The summed E-state index contributed by atoms with van der Waals surface area (Å²) in [6, 6.07) is 4.94. The number of amides is 3. The number of likely N-dealkylation sites (tertiary alicyclic amines) is 1. The van der Waals surface area contributed by atoms with Gasteiger partial charge in [0.15, 0.2) is 13.5 Å². The van der Waals surface area contributed by atoms with Crippen molar-refractivity contribution in [2.45, 2.75) is 120 Å². The molecule has 1 spiro atoms. The van der Waals surface area contributed by atoms with Crippen LogP contribution in [0.1, 0.15) is 78.0 Å². The molecule has 0 N–H and O–H groups in total. The first kappa shape index (κ1) is 44.8. The molecule has 0 radical (unpaired) electrons. The van der Waals surface area contributed by atoms with E-state index in [2.05, 4.69) is 4.98 Å². The number of piperazine rings is 1. The van der Waals surface area contributed by atoms with Gasteiger partial charge >= 0.3 is 12.1 Å². The Balaban J connectivity index is 1.24.